The quantitative estimate of drug-likeness (QED) is 0.640. The molecule has 1 aliphatic heterocycles. The van der Waals surface area contributed by atoms with Gasteiger partial charge in [0.15, 0.2) is 5.78 Å². The van der Waals surface area contributed by atoms with Gasteiger partial charge in [-0.2, -0.15) is 0 Å². The molecule has 1 saturated carbocycles. The number of carbonyl (C=O) groups excluding carboxylic acids is 3. The summed E-state index contributed by atoms with van der Waals surface area (Å²) in [6.45, 7) is 4.09. The molecule has 3 rings (SSSR count). The van der Waals surface area contributed by atoms with Crippen LogP contribution in [0.15, 0.2) is 24.3 Å². The summed E-state index contributed by atoms with van der Waals surface area (Å²) in [5, 5.41) is 2.88. The Hall–Kier alpha value is -2.17. The van der Waals surface area contributed by atoms with Gasteiger partial charge >= 0.3 is 6.03 Å². The van der Waals surface area contributed by atoms with Crippen LogP contribution in [0.4, 0.5) is 4.79 Å². The first-order valence-corrected chi connectivity index (χ1v) is 9.74. The highest BCUT2D eigenvalue weighted by atomic mass is 16.2. The summed E-state index contributed by atoms with van der Waals surface area (Å²) >= 11 is 0. The van der Waals surface area contributed by atoms with E-state index in [9.17, 15) is 14.4 Å². The van der Waals surface area contributed by atoms with Crippen LogP contribution in [0.5, 0.6) is 0 Å². The summed E-state index contributed by atoms with van der Waals surface area (Å²) < 4.78 is 0. The molecule has 0 aromatic heterocycles. The molecule has 3 amide bonds. The van der Waals surface area contributed by atoms with E-state index in [1.54, 1.807) is 12.1 Å². The van der Waals surface area contributed by atoms with Gasteiger partial charge in [0.2, 0.25) is 0 Å². The molecule has 1 aliphatic carbocycles. The van der Waals surface area contributed by atoms with E-state index < -0.39 is 11.6 Å². The van der Waals surface area contributed by atoms with E-state index >= 15 is 0 Å². The van der Waals surface area contributed by atoms with Gasteiger partial charge in [-0.15, -0.1) is 0 Å². The second-order valence-electron chi connectivity index (χ2n) is 7.67. The van der Waals surface area contributed by atoms with E-state index in [1.807, 2.05) is 12.1 Å². The molecule has 5 heteroatoms. The van der Waals surface area contributed by atoms with Gasteiger partial charge in [-0.3, -0.25) is 14.5 Å². The molecular weight excluding hydrogens is 328 g/mol. The summed E-state index contributed by atoms with van der Waals surface area (Å²) in [7, 11) is 0. The number of Topliss-reactive ketones (excluding diaryl/α,β-unsaturated/α-hetero) is 1. The number of imide groups is 1. The van der Waals surface area contributed by atoms with Crippen molar-refractivity contribution in [2.45, 2.75) is 70.3 Å². The number of rotatable bonds is 5. The van der Waals surface area contributed by atoms with Gasteiger partial charge < -0.3 is 5.32 Å². The van der Waals surface area contributed by atoms with E-state index in [4.69, 9.17) is 0 Å². The SMILES string of the molecule is CC[C@H](C)c1ccc(C(=O)CN2C(=O)NC3(CCCCCC3)C2=O)cc1. The van der Waals surface area contributed by atoms with Crippen LogP contribution < -0.4 is 5.32 Å². The van der Waals surface area contributed by atoms with Gasteiger partial charge in [-0.05, 0) is 30.7 Å². The summed E-state index contributed by atoms with van der Waals surface area (Å²) in [5.41, 5.74) is 0.949. The van der Waals surface area contributed by atoms with Crippen molar-refractivity contribution in [2.75, 3.05) is 6.54 Å². The number of ketones is 1. The maximum Gasteiger partial charge on any atom is 0.325 e. The van der Waals surface area contributed by atoms with E-state index in [2.05, 4.69) is 19.2 Å². The summed E-state index contributed by atoms with van der Waals surface area (Å²) in [5.74, 6) is 0.0176. The van der Waals surface area contributed by atoms with Crippen molar-refractivity contribution >= 4 is 17.7 Å². The van der Waals surface area contributed by atoms with Gasteiger partial charge in [0, 0.05) is 5.56 Å². The smallest absolute Gasteiger partial charge is 0.323 e. The lowest BCUT2D eigenvalue weighted by atomic mass is 9.90. The van der Waals surface area contributed by atoms with Crippen LogP contribution in [0.1, 0.15) is 80.6 Å². The zero-order valence-electron chi connectivity index (χ0n) is 15.7. The maximum atomic E-state index is 12.9. The molecule has 1 aromatic carbocycles. The van der Waals surface area contributed by atoms with Gasteiger partial charge in [0.05, 0.1) is 6.54 Å². The van der Waals surface area contributed by atoms with Crippen LogP contribution >= 0.6 is 0 Å². The number of hydrogen-bond acceptors (Lipinski definition) is 3. The maximum absolute atomic E-state index is 12.9. The Kier molecular flexibility index (Phi) is 5.44. The minimum atomic E-state index is -0.783. The van der Waals surface area contributed by atoms with Crippen molar-refractivity contribution in [1.82, 2.24) is 10.2 Å². The number of benzene rings is 1. The van der Waals surface area contributed by atoms with Crippen molar-refractivity contribution in [3.05, 3.63) is 35.4 Å². The highest BCUT2D eigenvalue weighted by Gasteiger charge is 2.51. The van der Waals surface area contributed by atoms with E-state index in [0.717, 1.165) is 37.0 Å². The van der Waals surface area contributed by atoms with Gasteiger partial charge in [0.1, 0.15) is 5.54 Å². The van der Waals surface area contributed by atoms with Crippen LogP contribution in [-0.2, 0) is 4.79 Å². The monoisotopic (exact) mass is 356 g/mol. The number of amides is 3. The molecule has 2 aliphatic rings. The molecule has 1 aromatic rings. The number of urea groups is 1. The Morgan fingerprint density at radius 3 is 2.31 bits per heavy atom. The number of carbonyl (C=O) groups is 3. The largest absolute Gasteiger partial charge is 0.325 e. The lowest BCUT2D eigenvalue weighted by Gasteiger charge is -2.24. The van der Waals surface area contributed by atoms with Gasteiger partial charge in [-0.25, -0.2) is 4.79 Å². The lowest BCUT2D eigenvalue weighted by Crippen LogP contribution is -2.46. The Balaban J connectivity index is 1.71. The minimum Gasteiger partial charge on any atom is -0.323 e. The van der Waals surface area contributed by atoms with Crippen molar-refractivity contribution in [1.29, 1.82) is 0 Å². The topological polar surface area (TPSA) is 66.5 Å². The normalized spacial score (nSPS) is 20.8. The van der Waals surface area contributed by atoms with Crippen molar-refractivity contribution in [2.24, 2.45) is 0 Å². The molecule has 1 N–H and O–H groups in total. The summed E-state index contributed by atoms with van der Waals surface area (Å²) in [6, 6.07) is 7.08. The molecule has 0 bridgehead atoms. The zero-order valence-corrected chi connectivity index (χ0v) is 15.7. The van der Waals surface area contributed by atoms with Crippen molar-refractivity contribution in [3.63, 3.8) is 0 Å². The second-order valence-corrected chi connectivity index (χ2v) is 7.67. The fourth-order valence-electron chi connectivity index (χ4n) is 3.96. The van der Waals surface area contributed by atoms with E-state index in [0.29, 0.717) is 24.3 Å². The molecule has 2 fully saturated rings. The summed E-state index contributed by atoms with van der Waals surface area (Å²) in [6.07, 6.45) is 6.43. The predicted molar refractivity (Wildman–Crippen MR) is 100 cm³/mol. The Morgan fingerprint density at radius 2 is 1.73 bits per heavy atom. The first kappa shape index (κ1) is 18.6. The molecule has 1 saturated heterocycles. The molecule has 1 heterocycles. The van der Waals surface area contributed by atoms with E-state index in [-0.39, 0.29) is 18.2 Å². The average Bonchev–Trinajstić information content (AvgIpc) is 2.82. The molecule has 5 nitrogen and oxygen atoms in total. The second kappa shape index (κ2) is 7.60. The van der Waals surface area contributed by atoms with Crippen LogP contribution in [0.3, 0.4) is 0 Å². The highest BCUT2D eigenvalue weighted by molar-refractivity contribution is 6.11. The molecule has 140 valence electrons. The molecule has 1 atom stereocenters. The zero-order chi connectivity index (χ0) is 18.7. The highest BCUT2D eigenvalue weighted by Crippen LogP contribution is 2.32. The molecular formula is C21H28N2O3. The standard InChI is InChI=1S/C21H28N2O3/c1-3-15(2)16-8-10-17(11-9-16)18(24)14-23-19(25)21(22-20(23)26)12-6-4-5-7-13-21/h8-11,15H,3-7,12-14H2,1-2H3,(H,22,26)/t15-/m0/s1. The molecule has 0 radical (unpaired) electrons. The molecule has 26 heavy (non-hydrogen) atoms. The number of nitrogens with zero attached hydrogens (tertiary/aromatic N) is 1. The lowest BCUT2D eigenvalue weighted by molar-refractivity contribution is -0.131. The minimum absolute atomic E-state index is 0.185. The third kappa shape index (κ3) is 3.53. The van der Waals surface area contributed by atoms with Crippen LogP contribution in [0.2, 0.25) is 0 Å². The van der Waals surface area contributed by atoms with Crippen molar-refractivity contribution < 1.29 is 14.4 Å². The first-order valence-electron chi connectivity index (χ1n) is 9.74. The summed E-state index contributed by atoms with van der Waals surface area (Å²) in [4.78, 5) is 39.0. The Labute approximate surface area is 155 Å². The van der Waals surface area contributed by atoms with Crippen LogP contribution in [0.25, 0.3) is 0 Å². The molecule has 0 unspecified atom stereocenters. The third-order valence-corrected chi connectivity index (χ3v) is 5.92. The van der Waals surface area contributed by atoms with Crippen LogP contribution in [-0.4, -0.2) is 34.7 Å². The first-order chi connectivity index (χ1) is 12.5. The number of nitrogens with one attached hydrogen (secondary N) is 1. The Bertz CT molecular complexity index is 688. The number of hydrogen-bond donors (Lipinski definition) is 1. The fraction of sp³-hybridized carbons (Fsp3) is 0.571. The van der Waals surface area contributed by atoms with Gasteiger partial charge in [-0.1, -0.05) is 63.8 Å². The Morgan fingerprint density at radius 1 is 1.12 bits per heavy atom. The van der Waals surface area contributed by atoms with E-state index in [1.165, 1.54) is 5.56 Å². The average molecular weight is 356 g/mol. The van der Waals surface area contributed by atoms with Crippen LogP contribution in [0, 0.1) is 0 Å². The van der Waals surface area contributed by atoms with Crippen molar-refractivity contribution in [3.8, 4) is 0 Å². The fourth-order valence-corrected chi connectivity index (χ4v) is 3.96. The van der Waals surface area contributed by atoms with Gasteiger partial charge in [0.25, 0.3) is 5.91 Å². The predicted octanol–water partition coefficient (Wildman–Crippen LogP) is 4.03. The third-order valence-electron chi connectivity index (χ3n) is 5.92. The molecule has 1 spiro atoms.